The smallest absolute Gasteiger partial charge is 0.152 e. The molecule has 102 valence electrons. The lowest BCUT2D eigenvalue weighted by Crippen LogP contribution is -2.14. The summed E-state index contributed by atoms with van der Waals surface area (Å²) in [5, 5.41) is 4.46. The lowest BCUT2D eigenvalue weighted by Gasteiger charge is -2.09. The van der Waals surface area contributed by atoms with Gasteiger partial charge in [0.05, 0.1) is 26.2 Å². The highest BCUT2D eigenvalue weighted by molar-refractivity contribution is 9.11. The first kappa shape index (κ1) is 13.1. The van der Waals surface area contributed by atoms with Crippen LogP contribution in [0.4, 0.5) is 5.82 Å². The number of nitrogens with two attached hydrogens (primary N) is 1. The number of nitrogen functional groups attached to an aromatic ring is 1. The lowest BCUT2D eigenvalue weighted by molar-refractivity contribution is 0.508. The van der Waals surface area contributed by atoms with Gasteiger partial charge in [0.15, 0.2) is 9.84 Å². The molecular formula is C11H12BrN3O2S2. The second kappa shape index (κ2) is 4.60. The highest BCUT2D eigenvalue weighted by Gasteiger charge is 2.31. The number of anilines is 1. The summed E-state index contributed by atoms with van der Waals surface area (Å²) in [7, 11) is -2.93. The van der Waals surface area contributed by atoms with Crippen LogP contribution in [-0.2, 0) is 9.84 Å². The number of aromatic nitrogens is 2. The van der Waals surface area contributed by atoms with Crippen LogP contribution in [0.1, 0.15) is 12.5 Å². The monoisotopic (exact) mass is 361 g/mol. The van der Waals surface area contributed by atoms with Gasteiger partial charge in [-0.15, -0.1) is 11.3 Å². The van der Waals surface area contributed by atoms with E-state index in [1.807, 2.05) is 12.1 Å². The van der Waals surface area contributed by atoms with E-state index in [4.69, 9.17) is 5.73 Å². The molecule has 1 aliphatic rings. The van der Waals surface area contributed by atoms with Crippen molar-refractivity contribution in [2.75, 3.05) is 17.2 Å². The summed E-state index contributed by atoms with van der Waals surface area (Å²) in [6.07, 6.45) is 0.585. The van der Waals surface area contributed by atoms with E-state index >= 15 is 0 Å². The highest BCUT2D eigenvalue weighted by Crippen LogP contribution is 2.33. The molecule has 0 radical (unpaired) electrons. The molecule has 1 atom stereocenters. The maximum Gasteiger partial charge on any atom is 0.152 e. The van der Waals surface area contributed by atoms with Gasteiger partial charge in [0, 0.05) is 6.07 Å². The average molecular weight is 362 g/mol. The minimum absolute atomic E-state index is 0.131. The fourth-order valence-corrected chi connectivity index (χ4v) is 5.28. The van der Waals surface area contributed by atoms with Crippen LogP contribution in [0.5, 0.6) is 0 Å². The van der Waals surface area contributed by atoms with Crippen molar-refractivity contribution in [1.29, 1.82) is 0 Å². The van der Waals surface area contributed by atoms with Gasteiger partial charge < -0.3 is 5.73 Å². The highest BCUT2D eigenvalue weighted by atomic mass is 79.9. The van der Waals surface area contributed by atoms with Gasteiger partial charge in [0.1, 0.15) is 11.5 Å². The predicted molar refractivity (Wildman–Crippen MR) is 80.0 cm³/mol. The van der Waals surface area contributed by atoms with E-state index in [0.29, 0.717) is 12.2 Å². The Labute approximate surface area is 123 Å². The van der Waals surface area contributed by atoms with Gasteiger partial charge >= 0.3 is 0 Å². The third-order valence-corrected chi connectivity index (χ3v) is 6.54. The number of sulfone groups is 1. The van der Waals surface area contributed by atoms with Crippen molar-refractivity contribution >= 4 is 42.9 Å². The van der Waals surface area contributed by atoms with Crippen molar-refractivity contribution in [3.63, 3.8) is 0 Å². The fourth-order valence-electron chi connectivity index (χ4n) is 2.24. The molecule has 0 aliphatic carbocycles. The molecule has 8 heteroatoms. The molecule has 1 fully saturated rings. The molecule has 0 spiro atoms. The lowest BCUT2D eigenvalue weighted by atomic mass is 10.3. The first-order valence-electron chi connectivity index (χ1n) is 5.76. The van der Waals surface area contributed by atoms with Crippen LogP contribution in [0.15, 0.2) is 22.0 Å². The van der Waals surface area contributed by atoms with Crippen LogP contribution >= 0.6 is 27.3 Å². The minimum Gasteiger partial charge on any atom is -0.384 e. The topological polar surface area (TPSA) is 78.0 Å². The van der Waals surface area contributed by atoms with Gasteiger partial charge in [-0.05, 0) is 34.5 Å². The molecule has 19 heavy (non-hydrogen) atoms. The molecule has 1 unspecified atom stereocenters. The molecule has 2 N–H and O–H groups in total. The molecule has 0 aromatic carbocycles. The van der Waals surface area contributed by atoms with Crippen LogP contribution in [0.3, 0.4) is 0 Å². The number of halogens is 1. The summed E-state index contributed by atoms with van der Waals surface area (Å²) >= 11 is 4.98. The van der Waals surface area contributed by atoms with Crippen LogP contribution in [-0.4, -0.2) is 29.7 Å². The average Bonchev–Trinajstić information content (AvgIpc) is 2.98. The van der Waals surface area contributed by atoms with Crippen molar-refractivity contribution in [1.82, 2.24) is 9.78 Å². The summed E-state index contributed by atoms with van der Waals surface area (Å²) in [4.78, 5) is 1.01. The van der Waals surface area contributed by atoms with E-state index in [1.54, 1.807) is 22.1 Å². The SMILES string of the molecule is Nc1cc(-c2ccc(Br)s2)nn1C1CCS(=O)(=O)C1. The number of hydrogen-bond donors (Lipinski definition) is 1. The third kappa shape index (κ3) is 2.56. The Kier molecular flexibility index (Phi) is 3.18. The van der Waals surface area contributed by atoms with Gasteiger partial charge in [-0.3, -0.25) is 0 Å². The Hall–Kier alpha value is -0.860. The molecule has 5 nitrogen and oxygen atoms in total. The van der Waals surface area contributed by atoms with Crippen molar-refractivity contribution < 1.29 is 8.42 Å². The largest absolute Gasteiger partial charge is 0.384 e. The third-order valence-electron chi connectivity index (χ3n) is 3.14. The zero-order valence-corrected chi connectivity index (χ0v) is 13.1. The van der Waals surface area contributed by atoms with Crippen LogP contribution in [0.25, 0.3) is 10.6 Å². The second-order valence-electron chi connectivity index (χ2n) is 4.56. The minimum atomic E-state index is -2.93. The van der Waals surface area contributed by atoms with Gasteiger partial charge in [-0.25, -0.2) is 13.1 Å². The summed E-state index contributed by atoms with van der Waals surface area (Å²) in [5.41, 5.74) is 6.74. The van der Waals surface area contributed by atoms with E-state index in [1.165, 1.54) is 0 Å². The molecule has 0 amide bonds. The molecule has 0 bridgehead atoms. The van der Waals surface area contributed by atoms with Gasteiger partial charge in [-0.2, -0.15) is 5.10 Å². The molecule has 2 aromatic rings. The summed E-state index contributed by atoms with van der Waals surface area (Å²) < 4.78 is 25.7. The van der Waals surface area contributed by atoms with Crippen molar-refractivity contribution in [2.24, 2.45) is 0 Å². The number of thiophene rings is 1. The second-order valence-corrected chi connectivity index (χ2v) is 9.25. The van der Waals surface area contributed by atoms with Crippen LogP contribution in [0.2, 0.25) is 0 Å². The maximum atomic E-state index is 11.5. The summed E-state index contributed by atoms with van der Waals surface area (Å²) in [5.74, 6) is 0.866. The first-order valence-corrected chi connectivity index (χ1v) is 9.19. The number of rotatable bonds is 2. The predicted octanol–water partition coefficient (Wildman–Crippen LogP) is 2.32. The van der Waals surface area contributed by atoms with Gasteiger partial charge in [0.25, 0.3) is 0 Å². The van der Waals surface area contributed by atoms with E-state index in [0.717, 1.165) is 14.4 Å². The number of hydrogen-bond acceptors (Lipinski definition) is 5. The molecule has 3 rings (SSSR count). The Morgan fingerprint density at radius 3 is 2.84 bits per heavy atom. The number of nitrogens with zero attached hydrogens (tertiary/aromatic N) is 2. The van der Waals surface area contributed by atoms with Crippen LogP contribution < -0.4 is 5.73 Å². The Morgan fingerprint density at radius 2 is 2.26 bits per heavy atom. The van der Waals surface area contributed by atoms with Crippen molar-refractivity contribution in [3.05, 3.63) is 22.0 Å². The Balaban J connectivity index is 1.94. The molecular weight excluding hydrogens is 350 g/mol. The van der Waals surface area contributed by atoms with Crippen molar-refractivity contribution in [2.45, 2.75) is 12.5 Å². The maximum absolute atomic E-state index is 11.5. The quantitative estimate of drug-likeness (QED) is 0.889. The first-order chi connectivity index (χ1) is 8.94. The molecule has 1 saturated heterocycles. The summed E-state index contributed by atoms with van der Waals surface area (Å²) in [6.45, 7) is 0. The molecule has 1 aliphatic heterocycles. The molecule has 3 heterocycles. The van der Waals surface area contributed by atoms with Gasteiger partial charge in [-0.1, -0.05) is 0 Å². The fraction of sp³-hybridized carbons (Fsp3) is 0.364. The molecule has 2 aromatic heterocycles. The summed E-state index contributed by atoms with van der Waals surface area (Å²) in [6, 6.07) is 5.58. The zero-order chi connectivity index (χ0) is 13.6. The van der Waals surface area contributed by atoms with E-state index in [2.05, 4.69) is 21.0 Å². The molecule has 0 saturated carbocycles. The van der Waals surface area contributed by atoms with Crippen LogP contribution in [0, 0.1) is 0 Å². The zero-order valence-electron chi connectivity index (χ0n) is 9.91. The normalized spacial score (nSPS) is 21.8. The van der Waals surface area contributed by atoms with E-state index in [-0.39, 0.29) is 17.5 Å². The van der Waals surface area contributed by atoms with Crippen molar-refractivity contribution in [3.8, 4) is 10.6 Å². The Morgan fingerprint density at radius 1 is 1.47 bits per heavy atom. The van der Waals surface area contributed by atoms with E-state index in [9.17, 15) is 8.42 Å². The Bertz CT molecular complexity index is 720. The van der Waals surface area contributed by atoms with Gasteiger partial charge in [0.2, 0.25) is 0 Å². The standard InChI is InChI=1S/C11H12BrN3O2S2/c12-10-2-1-9(18-10)8-5-11(13)15(14-8)7-3-4-19(16,17)6-7/h1-2,5,7H,3-4,6,13H2. The van der Waals surface area contributed by atoms with E-state index < -0.39 is 9.84 Å².